The number of nitro groups is 1. The summed E-state index contributed by atoms with van der Waals surface area (Å²) in [5.74, 6) is -1.02. The van der Waals surface area contributed by atoms with Gasteiger partial charge in [0, 0.05) is 12.1 Å². The molecule has 0 spiro atoms. The zero-order valence-corrected chi connectivity index (χ0v) is 18.9. The number of fused-ring (bicyclic) bond motifs is 1. The summed E-state index contributed by atoms with van der Waals surface area (Å²) in [7, 11) is 0. The Hall–Kier alpha value is -4.24. The van der Waals surface area contributed by atoms with Gasteiger partial charge in [-0.05, 0) is 42.3 Å². The highest BCUT2D eigenvalue weighted by molar-refractivity contribution is 6.23. The molecule has 3 unspecified atom stereocenters. The van der Waals surface area contributed by atoms with Crippen LogP contribution in [0.5, 0.6) is 5.75 Å². The van der Waals surface area contributed by atoms with Crippen molar-refractivity contribution in [3.8, 4) is 5.75 Å². The maximum atomic E-state index is 13.6. The molecule has 0 aromatic heterocycles. The van der Waals surface area contributed by atoms with Crippen LogP contribution in [0.2, 0.25) is 0 Å². The van der Waals surface area contributed by atoms with Gasteiger partial charge < -0.3 is 4.74 Å². The molecule has 2 heterocycles. The van der Waals surface area contributed by atoms with E-state index < -0.39 is 28.9 Å². The van der Waals surface area contributed by atoms with Crippen LogP contribution in [0.4, 0.5) is 17.1 Å². The summed E-state index contributed by atoms with van der Waals surface area (Å²) < 4.78 is 5.60. The minimum atomic E-state index is -1.05. The molecule has 3 aromatic rings. The molecule has 3 atom stereocenters. The predicted octanol–water partition coefficient (Wildman–Crippen LogP) is 4.43. The third-order valence-corrected chi connectivity index (χ3v) is 6.12. The average Bonchev–Trinajstić information content (AvgIpc) is 3.39. The Morgan fingerprint density at radius 1 is 0.943 bits per heavy atom. The summed E-state index contributed by atoms with van der Waals surface area (Å²) in [5.41, 5.74) is 1.49. The van der Waals surface area contributed by atoms with Crippen molar-refractivity contribution in [3.05, 3.63) is 94.5 Å². The first kappa shape index (κ1) is 22.5. The number of hydroxylamine groups is 1. The van der Waals surface area contributed by atoms with Crippen molar-refractivity contribution in [2.45, 2.75) is 25.5 Å². The molecule has 2 saturated heterocycles. The number of hydrogen-bond acceptors (Lipinski definition) is 7. The Bertz CT molecular complexity index is 1260. The van der Waals surface area contributed by atoms with E-state index in [1.54, 1.807) is 36.4 Å². The van der Waals surface area contributed by atoms with Crippen molar-refractivity contribution < 1.29 is 24.1 Å². The molecule has 0 bridgehead atoms. The smallest absolute Gasteiger partial charge is 0.271 e. The second-order valence-corrected chi connectivity index (χ2v) is 8.36. The summed E-state index contributed by atoms with van der Waals surface area (Å²) in [6.07, 6.45) is -0.184. The number of non-ortho nitro benzene ring substituents is 1. The number of benzene rings is 3. The fourth-order valence-corrected chi connectivity index (χ4v) is 4.54. The minimum Gasteiger partial charge on any atom is -0.494 e. The zero-order chi connectivity index (χ0) is 24.5. The summed E-state index contributed by atoms with van der Waals surface area (Å²) in [6, 6.07) is 21.3. The van der Waals surface area contributed by atoms with Crippen molar-refractivity contribution in [2.75, 3.05) is 16.6 Å². The molecule has 0 N–H and O–H groups in total. The molecule has 35 heavy (non-hydrogen) atoms. The van der Waals surface area contributed by atoms with Gasteiger partial charge in [-0.25, -0.2) is 9.96 Å². The number of imide groups is 1. The summed E-state index contributed by atoms with van der Waals surface area (Å²) in [5, 5.41) is 12.8. The number of carbonyl (C=O) groups excluding carboxylic acids is 2. The highest BCUT2D eigenvalue weighted by Crippen LogP contribution is 2.48. The zero-order valence-electron chi connectivity index (χ0n) is 18.9. The van der Waals surface area contributed by atoms with Crippen LogP contribution >= 0.6 is 0 Å². The van der Waals surface area contributed by atoms with E-state index in [1.165, 1.54) is 17.2 Å². The van der Waals surface area contributed by atoms with Crippen molar-refractivity contribution in [2.24, 2.45) is 5.92 Å². The van der Waals surface area contributed by atoms with E-state index in [0.717, 1.165) is 16.9 Å². The number of amides is 2. The predicted molar refractivity (Wildman–Crippen MR) is 128 cm³/mol. The van der Waals surface area contributed by atoms with Gasteiger partial charge in [-0.1, -0.05) is 43.3 Å². The molecular formula is C26H23N3O6. The number of ether oxygens (including phenoxy) is 1. The van der Waals surface area contributed by atoms with Gasteiger partial charge in [-0.3, -0.25) is 24.5 Å². The van der Waals surface area contributed by atoms with Crippen molar-refractivity contribution in [1.29, 1.82) is 0 Å². The molecule has 9 heteroatoms. The lowest BCUT2D eigenvalue weighted by Gasteiger charge is -2.28. The average molecular weight is 473 g/mol. The summed E-state index contributed by atoms with van der Waals surface area (Å²) >= 11 is 0. The first-order chi connectivity index (χ1) is 17.0. The van der Waals surface area contributed by atoms with Crippen LogP contribution in [-0.4, -0.2) is 29.4 Å². The van der Waals surface area contributed by atoms with E-state index in [-0.39, 0.29) is 11.6 Å². The molecule has 0 saturated carbocycles. The van der Waals surface area contributed by atoms with Crippen molar-refractivity contribution in [3.63, 3.8) is 0 Å². The van der Waals surface area contributed by atoms with Crippen LogP contribution < -0.4 is 14.7 Å². The second kappa shape index (κ2) is 9.19. The number of anilines is 2. The number of rotatable bonds is 7. The van der Waals surface area contributed by atoms with Crippen LogP contribution in [0.3, 0.4) is 0 Å². The standard InChI is InChI=1S/C26H23N3O6/c1-2-15-34-21-13-11-18(12-14-21)27-25(30)22-23(17-7-4-3-5-8-17)28(35-24(22)26(27)31)19-9-6-10-20(16-19)29(32)33/h3-14,16,22-24H,2,15H2,1H3. The molecule has 2 fully saturated rings. The Labute approximate surface area is 201 Å². The lowest BCUT2D eigenvalue weighted by atomic mass is 9.90. The number of nitrogens with zero attached hydrogens (tertiary/aromatic N) is 3. The number of carbonyl (C=O) groups is 2. The fraction of sp³-hybridized carbons (Fsp3) is 0.231. The normalized spacial score (nSPS) is 21.3. The van der Waals surface area contributed by atoms with E-state index in [0.29, 0.717) is 23.7 Å². The van der Waals surface area contributed by atoms with E-state index >= 15 is 0 Å². The molecule has 5 rings (SSSR count). The van der Waals surface area contributed by atoms with Gasteiger partial charge in [0.1, 0.15) is 11.7 Å². The maximum absolute atomic E-state index is 13.6. The fourth-order valence-electron chi connectivity index (χ4n) is 4.54. The monoisotopic (exact) mass is 473 g/mol. The maximum Gasteiger partial charge on any atom is 0.271 e. The van der Waals surface area contributed by atoms with E-state index in [2.05, 4.69) is 0 Å². The largest absolute Gasteiger partial charge is 0.494 e. The van der Waals surface area contributed by atoms with Crippen LogP contribution in [0.25, 0.3) is 0 Å². The Morgan fingerprint density at radius 3 is 2.37 bits per heavy atom. The van der Waals surface area contributed by atoms with Crippen LogP contribution in [0, 0.1) is 16.0 Å². The first-order valence-corrected chi connectivity index (χ1v) is 11.4. The van der Waals surface area contributed by atoms with Gasteiger partial charge in [0.25, 0.3) is 11.6 Å². The van der Waals surface area contributed by atoms with Crippen molar-refractivity contribution in [1.82, 2.24) is 0 Å². The van der Waals surface area contributed by atoms with Crippen LogP contribution in [-0.2, 0) is 14.4 Å². The third-order valence-electron chi connectivity index (χ3n) is 6.12. The summed E-state index contributed by atoms with van der Waals surface area (Å²) in [6.45, 7) is 2.58. The molecule has 0 aliphatic carbocycles. The Balaban J connectivity index is 1.50. The van der Waals surface area contributed by atoms with E-state index in [9.17, 15) is 19.7 Å². The lowest BCUT2D eigenvalue weighted by molar-refractivity contribution is -0.384. The molecule has 2 amide bonds. The van der Waals surface area contributed by atoms with Gasteiger partial charge in [-0.15, -0.1) is 0 Å². The Morgan fingerprint density at radius 2 is 1.69 bits per heavy atom. The highest BCUT2D eigenvalue weighted by Gasteiger charge is 2.60. The molecule has 9 nitrogen and oxygen atoms in total. The molecule has 2 aliphatic rings. The van der Waals surface area contributed by atoms with Gasteiger partial charge in [0.2, 0.25) is 5.91 Å². The molecule has 2 aliphatic heterocycles. The van der Waals surface area contributed by atoms with E-state index in [1.807, 2.05) is 37.3 Å². The van der Waals surface area contributed by atoms with Gasteiger partial charge >= 0.3 is 0 Å². The highest BCUT2D eigenvalue weighted by atomic mass is 16.7. The minimum absolute atomic E-state index is 0.111. The van der Waals surface area contributed by atoms with Crippen LogP contribution in [0.15, 0.2) is 78.9 Å². The second-order valence-electron chi connectivity index (χ2n) is 8.36. The van der Waals surface area contributed by atoms with Crippen molar-refractivity contribution >= 4 is 28.9 Å². The summed E-state index contributed by atoms with van der Waals surface area (Å²) in [4.78, 5) is 45.1. The number of nitro benzene ring substituents is 1. The quantitative estimate of drug-likeness (QED) is 0.284. The molecule has 178 valence electrons. The first-order valence-electron chi connectivity index (χ1n) is 11.4. The third kappa shape index (κ3) is 4.00. The lowest BCUT2D eigenvalue weighted by Crippen LogP contribution is -2.37. The van der Waals surface area contributed by atoms with Gasteiger partial charge in [-0.2, -0.15) is 0 Å². The molecule has 0 radical (unpaired) electrons. The van der Waals surface area contributed by atoms with Gasteiger partial charge in [0.05, 0.1) is 28.9 Å². The number of hydrogen-bond donors (Lipinski definition) is 0. The Kier molecular flexibility index (Phi) is 5.92. The topological polar surface area (TPSA) is 102 Å². The van der Waals surface area contributed by atoms with Crippen LogP contribution in [0.1, 0.15) is 24.9 Å². The van der Waals surface area contributed by atoms with Gasteiger partial charge in [0.15, 0.2) is 6.10 Å². The molecular weight excluding hydrogens is 450 g/mol. The SMILES string of the molecule is CCCOc1ccc(N2C(=O)C3ON(c4cccc([N+](=O)[O-])c4)C(c4ccccc4)C3C2=O)cc1. The molecule has 3 aromatic carbocycles. The van der Waals surface area contributed by atoms with E-state index in [4.69, 9.17) is 9.57 Å².